The molecule has 1 aromatic carbocycles. The van der Waals surface area contributed by atoms with E-state index in [9.17, 15) is 0 Å². The molecule has 2 rings (SSSR count). The van der Waals surface area contributed by atoms with E-state index in [1.54, 1.807) is 12.3 Å². The highest BCUT2D eigenvalue weighted by atomic mass is 35.5. The highest BCUT2D eigenvalue weighted by molar-refractivity contribution is 6.33. The summed E-state index contributed by atoms with van der Waals surface area (Å²) in [6.07, 6.45) is 1.62. The van der Waals surface area contributed by atoms with Gasteiger partial charge in [-0.15, -0.1) is 0 Å². The average molecular weight is 220 g/mol. The summed E-state index contributed by atoms with van der Waals surface area (Å²) in [6, 6.07) is 11.3. The molecule has 1 heterocycles. The van der Waals surface area contributed by atoms with E-state index >= 15 is 0 Å². The van der Waals surface area contributed by atoms with Crippen LogP contribution in [-0.4, -0.2) is 4.98 Å². The molecule has 3 nitrogen and oxygen atoms in total. The van der Waals surface area contributed by atoms with Crippen LogP contribution in [0.5, 0.6) is 0 Å². The van der Waals surface area contributed by atoms with Crippen molar-refractivity contribution in [2.24, 2.45) is 0 Å². The number of benzene rings is 1. The van der Waals surface area contributed by atoms with E-state index in [-0.39, 0.29) is 0 Å². The first-order valence-corrected chi connectivity index (χ1v) is 4.87. The lowest BCUT2D eigenvalue weighted by Crippen LogP contribution is -1.99. The molecule has 4 heteroatoms. The van der Waals surface area contributed by atoms with Gasteiger partial charge < -0.3 is 11.1 Å². The third kappa shape index (κ3) is 2.19. The Bertz CT molecular complexity index is 457. The molecule has 0 spiro atoms. The van der Waals surface area contributed by atoms with Crippen LogP contribution in [0.1, 0.15) is 0 Å². The summed E-state index contributed by atoms with van der Waals surface area (Å²) in [4.78, 5) is 4.11. The Morgan fingerprint density at radius 3 is 2.60 bits per heavy atom. The second-order valence-electron chi connectivity index (χ2n) is 3.05. The first kappa shape index (κ1) is 9.80. The Hall–Kier alpha value is -1.74. The molecular weight excluding hydrogens is 210 g/mol. The summed E-state index contributed by atoms with van der Waals surface area (Å²) in [5, 5.41) is 3.60. The van der Waals surface area contributed by atoms with Crippen molar-refractivity contribution in [1.29, 1.82) is 0 Å². The number of halogens is 1. The van der Waals surface area contributed by atoms with Gasteiger partial charge in [0.2, 0.25) is 0 Å². The Balaban J connectivity index is 2.29. The monoisotopic (exact) mass is 219 g/mol. The lowest BCUT2D eigenvalue weighted by molar-refractivity contribution is 1.31. The molecule has 0 aliphatic heterocycles. The third-order valence-electron chi connectivity index (χ3n) is 1.97. The molecule has 0 aliphatic rings. The van der Waals surface area contributed by atoms with Gasteiger partial charge in [-0.1, -0.05) is 29.8 Å². The molecule has 0 bridgehead atoms. The molecule has 0 amide bonds. The number of hydrogen-bond donors (Lipinski definition) is 2. The number of rotatable bonds is 2. The Kier molecular flexibility index (Phi) is 2.74. The van der Waals surface area contributed by atoms with E-state index in [0.29, 0.717) is 16.5 Å². The van der Waals surface area contributed by atoms with Gasteiger partial charge in [-0.25, -0.2) is 4.98 Å². The molecule has 0 atom stereocenters. The summed E-state index contributed by atoms with van der Waals surface area (Å²) in [5.41, 5.74) is 7.16. The smallest absolute Gasteiger partial charge is 0.155 e. The third-order valence-corrected chi connectivity index (χ3v) is 2.30. The van der Waals surface area contributed by atoms with Crippen molar-refractivity contribution in [1.82, 2.24) is 4.98 Å². The number of nitrogen functional groups attached to an aromatic ring is 1. The number of nitrogens with two attached hydrogens (primary N) is 1. The van der Waals surface area contributed by atoms with Crippen LogP contribution in [0.25, 0.3) is 0 Å². The maximum Gasteiger partial charge on any atom is 0.155 e. The minimum Gasteiger partial charge on any atom is -0.395 e. The van der Waals surface area contributed by atoms with Gasteiger partial charge in [-0.2, -0.15) is 0 Å². The molecular formula is C11H10ClN3. The van der Waals surface area contributed by atoms with Crippen LogP contribution in [0.15, 0.2) is 42.6 Å². The highest BCUT2D eigenvalue weighted by Gasteiger charge is 2.03. The Morgan fingerprint density at radius 2 is 1.87 bits per heavy atom. The van der Waals surface area contributed by atoms with Crippen LogP contribution in [0.4, 0.5) is 17.2 Å². The predicted molar refractivity (Wildman–Crippen MR) is 63.4 cm³/mol. The molecule has 0 saturated heterocycles. The van der Waals surface area contributed by atoms with Crippen LogP contribution >= 0.6 is 11.6 Å². The SMILES string of the molecule is Nc1c(Cl)ccnc1Nc1ccccc1. The summed E-state index contributed by atoms with van der Waals surface area (Å²) >= 11 is 5.88. The molecule has 0 aliphatic carbocycles. The Labute approximate surface area is 92.9 Å². The van der Waals surface area contributed by atoms with Crippen molar-refractivity contribution in [2.45, 2.75) is 0 Å². The zero-order chi connectivity index (χ0) is 10.7. The van der Waals surface area contributed by atoms with Gasteiger partial charge in [0.25, 0.3) is 0 Å². The van der Waals surface area contributed by atoms with E-state index in [2.05, 4.69) is 10.3 Å². The maximum absolute atomic E-state index is 5.88. The molecule has 0 radical (unpaired) electrons. The summed E-state index contributed by atoms with van der Waals surface area (Å²) < 4.78 is 0. The number of nitrogens with one attached hydrogen (secondary N) is 1. The lowest BCUT2D eigenvalue weighted by Gasteiger charge is -2.08. The molecule has 76 valence electrons. The zero-order valence-electron chi connectivity index (χ0n) is 7.94. The molecule has 0 unspecified atom stereocenters. The molecule has 1 aromatic heterocycles. The fourth-order valence-corrected chi connectivity index (χ4v) is 1.35. The summed E-state index contributed by atoms with van der Waals surface area (Å²) in [6.45, 7) is 0. The van der Waals surface area contributed by atoms with Crippen LogP contribution in [-0.2, 0) is 0 Å². The average Bonchev–Trinajstić information content (AvgIpc) is 2.26. The van der Waals surface area contributed by atoms with Crippen LogP contribution in [0.2, 0.25) is 5.02 Å². The molecule has 0 saturated carbocycles. The van der Waals surface area contributed by atoms with Crippen LogP contribution < -0.4 is 11.1 Å². The van der Waals surface area contributed by atoms with E-state index in [1.807, 2.05) is 30.3 Å². The fourth-order valence-electron chi connectivity index (χ4n) is 1.21. The molecule has 2 aromatic rings. The first-order valence-electron chi connectivity index (χ1n) is 4.49. The maximum atomic E-state index is 5.88. The van der Waals surface area contributed by atoms with Gasteiger partial charge in [0, 0.05) is 11.9 Å². The van der Waals surface area contributed by atoms with Crippen molar-refractivity contribution in [3.63, 3.8) is 0 Å². The molecule has 3 N–H and O–H groups in total. The van der Waals surface area contributed by atoms with Gasteiger partial charge in [0.1, 0.15) is 0 Å². The van der Waals surface area contributed by atoms with Gasteiger partial charge in [0.05, 0.1) is 10.7 Å². The van der Waals surface area contributed by atoms with E-state index < -0.39 is 0 Å². The fraction of sp³-hybridized carbons (Fsp3) is 0. The molecule has 15 heavy (non-hydrogen) atoms. The number of aromatic nitrogens is 1. The van der Waals surface area contributed by atoms with Crippen molar-refractivity contribution in [3.8, 4) is 0 Å². The van der Waals surface area contributed by atoms with Crippen molar-refractivity contribution >= 4 is 28.8 Å². The van der Waals surface area contributed by atoms with E-state index in [4.69, 9.17) is 17.3 Å². The second kappa shape index (κ2) is 4.19. The lowest BCUT2D eigenvalue weighted by atomic mass is 10.3. The van der Waals surface area contributed by atoms with Gasteiger partial charge in [0.15, 0.2) is 5.82 Å². The number of anilines is 3. The normalized spacial score (nSPS) is 9.93. The summed E-state index contributed by atoms with van der Waals surface area (Å²) in [7, 11) is 0. The van der Waals surface area contributed by atoms with Crippen molar-refractivity contribution < 1.29 is 0 Å². The van der Waals surface area contributed by atoms with E-state index in [0.717, 1.165) is 5.69 Å². The van der Waals surface area contributed by atoms with Crippen LogP contribution in [0.3, 0.4) is 0 Å². The number of hydrogen-bond acceptors (Lipinski definition) is 3. The largest absolute Gasteiger partial charge is 0.395 e. The number of pyridine rings is 1. The minimum atomic E-state index is 0.461. The van der Waals surface area contributed by atoms with Gasteiger partial charge >= 0.3 is 0 Å². The van der Waals surface area contributed by atoms with E-state index in [1.165, 1.54) is 0 Å². The number of nitrogens with zero attached hydrogens (tertiary/aromatic N) is 1. The topological polar surface area (TPSA) is 50.9 Å². The van der Waals surface area contributed by atoms with Gasteiger partial charge in [-0.3, -0.25) is 0 Å². The minimum absolute atomic E-state index is 0.461. The van der Waals surface area contributed by atoms with Crippen molar-refractivity contribution in [2.75, 3.05) is 11.1 Å². The number of para-hydroxylation sites is 1. The Morgan fingerprint density at radius 1 is 1.13 bits per heavy atom. The summed E-state index contributed by atoms with van der Waals surface area (Å²) in [5.74, 6) is 0.578. The van der Waals surface area contributed by atoms with Gasteiger partial charge in [-0.05, 0) is 18.2 Å². The second-order valence-corrected chi connectivity index (χ2v) is 3.45. The molecule has 0 fully saturated rings. The highest BCUT2D eigenvalue weighted by Crippen LogP contribution is 2.26. The van der Waals surface area contributed by atoms with Crippen molar-refractivity contribution in [3.05, 3.63) is 47.6 Å². The first-order chi connectivity index (χ1) is 7.27. The standard InChI is InChI=1S/C11H10ClN3/c12-9-6-7-14-11(10(9)13)15-8-4-2-1-3-5-8/h1-7H,13H2,(H,14,15). The predicted octanol–water partition coefficient (Wildman–Crippen LogP) is 3.06. The zero-order valence-corrected chi connectivity index (χ0v) is 8.70. The van der Waals surface area contributed by atoms with Crippen LogP contribution in [0, 0.1) is 0 Å². The quantitative estimate of drug-likeness (QED) is 0.816.